The van der Waals surface area contributed by atoms with Gasteiger partial charge < -0.3 is 14.8 Å². The number of nitrogens with one attached hydrogen (secondary N) is 2. The first kappa shape index (κ1) is 21.5. The molecule has 7 nitrogen and oxygen atoms in total. The van der Waals surface area contributed by atoms with Crippen molar-refractivity contribution in [1.29, 1.82) is 0 Å². The number of methoxy groups -OCH3 is 2. The Balaban J connectivity index is 2.48. The first-order valence-corrected chi connectivity index (χ1v) is 8.90. The second-order valence-corrected chi connectivity index (χ2v) is 5.81. The monoisotopic (exact) mass is 363 g/mol. The van der Waals surface area contributed by atoms with Gasteiger partial charge in [-0.2, -0.15) is 5.10 Å². The molecular weight excluding hydrogens is 334 g/mol. The Morgan fingerprint density at radius 1 is 1.00 bits per heavy atom. The Labute approximate surface area is 155 Å². The van der Waals surface area contributed by atoms with Crippen LogP contribution < -0.4 is 20.2 Å². The first-order valence-electron chi connectivity index (χ1n) is 8.90. The minimum Gasteiger partial charge on any atom is -0.493 e. The van der Waals surface area contributed by atoms with Crippen LogP contribution in [0.5, 0.6) is 11.5 Å². The summed E-state index contributed by atoms with van der Waals surface area (Å²) in [5, 5.41) is 6.65. The maximum absolute atomic E-state index is 11.8. The van der Waals surface area contributed by atoms with Crippen LogP contribution in [0.25, 0.3) is 0 Å². The standard InChI is InChI=1S/C19H29N3O4/c1-5-7-15(8-6-2)21-22-19(24)18(23)20-12-11-14-9-10-16(25-3)17(13-14)26-4/h9-10,13H,5-8,11-12H2,1-4H3,(H,20,23)(H,22,24). The van der Waals surface area contributed by atoms with Gasteiger partial charge in [0.25, 0.3) is 0 Å². The number of rotatable bonds is 10. The highest BCUT2D eigenvalue weighted by Crippen LogP contribution is 2.27. The summed E-state index contributed by atoms with van der Waals surface area (Å²) in [5.41, 5.74) is 4.21. The summed E-state index contributed by atoms with van der Waals surface area (Å²) in [6, 6.07) is 5.54. The van der Waals surface area contributed by atoms with E-state index in [1.54, 1.807) is 20.3 Å². The number of benzene rings is 1. The molecule has 0 bridgehead atoms. The van der Waals surface area contributed by atoms with E-state index < -0.39 is 11.8 Å². The highest BCUT2D eigenvalue weighted by Gasteiger charge is 2.13. The van der Waals surface area contributed by atoms with Crippen LogP contribution in [0.3, 0.4) is 0 Å². The SMILES string of the molecule is CCCC(CCC)=NNC(=O)C(=O)NCCc1ccc(OC)c(OC)c1. The van der Waals surface area contributed by atoms with E-state index in [0.29, 0.717) is 24.5 Å². The molecule has 0 aliphatic carbocycles. The molecule has 2 amide bonds. The predicted octanol–water partition coefficient (Wildman–Crippen LogP) is 2.43. The number of ether oxygens (including phenoxy) is 2. The van der Waals surface area contributed by atoms with Crippen LogP contribution in [-0.4, -0.2) is 38.3 Å². The Morgan fingerprint density at radius 2 is 1.65 bits per heavy atom. The Kier molecular flexibility index (Phi) is 9.82. The fraction of sp³-hybridized carbons (Fsp3) is 0.526. The van der Waals surface area contributed by atoms with Crippen molar-refractivity contribution in [1.82, 2.24) is 10.7 Å². The summed E-state index contributed by atoms with van der Waals surface area (Å²) in [4.78, 5) is 23.7. The van der Waals surface area contributed by atoms with Crippen molar-refractivity contribution in [2.24, 2.45) is 5.10 Å². The molecule has 0 heterocycles. The fourth-order valence-corrected chi connectivity index (χ4v) is 2.43. The van der Waals surface area contributed by atoms with Crippen molar-refractivity contribution in [3.05, 3.63) is 23.8 Å². The second kappa shape index (κ2) is 11.9. The van der Waals surface area contributed by atoms with Crippen molar-refractivity contribution in [3.63, 3.8) is 0 Å². The molecule has 1 aromatic carbocycles. The summed E-state index contributed by atoms with van der Waals surface area (Å²) in [7, 11) is 3.14. The molecule has 0 radical (unpaired) electrons. The zero-order valence-electron chi connectivity index (χ0n) is 16.1. The average molecular weight is 363 g/mol. The van der Waals surface area contributed by atoms with Gasteiger partial charge in [0.15, 0.2) is 11.5 Å². The number of hydrogen-bond donors (Lipinski definition) is 2. The fourth-order valence-electron chi connectivity index (χ4n) is 2.43. The maximum atomic E-state index is 11.8. The van der Waals surface area contributed by atoms with Gasteiger partial charge in [-0.1, -0.05) is 32.8 Å². The molecule has 0 aliphatic rings. The molecule has 0 spiro atoms. The third-order valence-corrected chi connectivity index (χ3v) is 3.75. The van der Waals surface area contributed by atoms with Crippen molar-refractivity contribution < 1.29 is 19.1 Å². The van der Waals surface area contributed by atoms with Gasteiger partial charge in [0.1, 0.15) is 0 Å². The predicted molar refractivity (Wildman–Crippen MR) is 102 cm³/mol. The lowest BCUT2D eigenvalue weighted by molar-refractivity contribution is -0.139. The summed E-state index contributed by atoms with van der Waals surface area (Å²) in [6.07, 6.45) is 4.10. The maximum Gasteiger partial charge on any atom is 0.329 e. The van der Waals surface area contributed by atoms with E-state index in [9.17, 15) is 9.59 Å². The highest BCUT2D eigenvalue weighted by molar-refractivity contribution is 6.35. The zero-order chi connectivity index (χ0) is 19.4. The van der Waals surface area contributed by atoms with Crippen LogP contribution in [0.1, 0.15) is 45.1 Å². The Morgan fingerprint density at radius 3 is 2.23 bits per heavy atom. The highest BCUT2D eigenvalue weighted by atomic mass is 16.5. The summed E-state index contributed by atoms with van der Waals surface area (Å²) in [5.74, 6) is -0.168. The van der Waals surface area contributed by atoms with Gasteiger partial charge >= 0.3 is 11.8 Å². The lowest BCUT2D eigenvalue weighted by Crippen LogP contribution is -2.39. The van der Waals surface area contributed by atoms with Gasteiger partial charge in [-0.3, -0.25) is 9.59 Å². The smallest absolute Gasteiger partial charge is 0.329 e. The van der Waals surface area contributed by atoms with Gasteiger partial charge in [-0.05, 0) is 37.0 Å². The number of hydrazone groups is 1. The van der Waals surface area contributed by atoms with Crippen LogP contribution in [-0.2, 0) is 16.0 Å². The van der Waals surface area contributed by atoms with E-state index in [0.717, 1.165) is 37.0 Å². The van der Waals surface area contributed by atoms with Crippen molar-refractivity contribution in [2.75, 3.05) is 20.8 Å². The van der Waals surface area contributed by atoms with Crippen molar-refractivity contribution >= 4 is 17.5 Å². The minimum absolute atomic E-state index is 0.336. The number of nitrogens with zero attached hydrogens (tertiary/aromatic N) is 1. The van der Waals surface area contributed by atoms with Gasteiger partial charge in [0.05, 0.1) is 14.2 Å². The molecule has 1 aromatic rings. The molecule has 0 aromatic heterocycles. The van der Waals surface area contributed by atoms with E-state index >= 15 is 0 Å². The molecule has 0 atom stereocenters. The zero-order valence-corrected chi connectivity index (χ0v) is 16.1. The van der Waals surface area contributed by atoms with Gasteiger partial charge in [0, 0.05) is 12.3 Å². The van der Waals surface area contributed by atoms with Crippen LogP contribution in [0.15, 0.2) is 23.3 Å². The largest absolute Gasteiger partial charge is 0.493 e. The summed E-state index contributed by atoms with van der Waals surface area (Å²) in [6.45, 7) is 4.43. The van der Waals surface area contributed by atoms with E-state index in [-0.39, 0.29) is 0 Å². The third-order valence-electron chi connectivity index (χ3n) is 3.75. The number of carbonyl (C=O) groups excluding carboxylic acids is 2. The first-order chi connectivity index (χ1) is 12.5. The van der Waals surface area contributed by atoms with E-state index in [2.05, 4.69) is 15.8 Å². The molecule has 0 fully saturated rings. The van der Waals surface area contributed by atoms with Crippen molar-refractivity contribution in [3.8, 4) is 11.5 Å². The molecule has 0 aliphatic heterocycles. The van der Waals surface area contributed by atoms with Crippen LogP contribution in [0.2, 0.25) is 0 Å². The van der Waals surface area contributed by atoms with Gasteiger partial charge in [0.2, 0.25) is 0 Å². The minimum atomic E-state index is -0.748. The van der Waals surface area contributed by atoms with Crippen molar-refractivity contribution in [2.45, 2.75) is 46.0 Å². The Hall–Kier alpha value is -2.57. The number of amides is 2. The molecule has 0 saturated heterocycles. The summed E-state index contributed by atoms with van der Waals surface area (Å²) < 4.78 is 10.4. The van der Waals surface area contributed by atoms with E-state index in [4.69, 9.17) is 9.47 Å². The molecule has 144 valence electrons. The average Bonchev–Trinajstić information content (AvgIpc) is 2.65. The molecule has 26 heavy (non-hydrogen) atoms. The molecule has 7 heteroatoms. The van der Waals surface area contributed by atoms with E-state index in [1.165, 1.54) is 0 Å². The number of carbonyl (C=O) groups is 2. The molecule has 1 rings (SSSR count). The molecule has 0 unspecified atom stereocenters. The van der Waals surface area contributed by atoms with Crippen LogP contribution in [0, 0.1) is 0 Å². The van der Waals surface area contributed by atoms with Gasteiger partial charge in [-0.15, -0.1) is 0 Å². The number of hydrogen-bond acceptors (Lipinski definition) is 5. The Bertz CT molecular complexity index is 621. The quantitative estimate of drug-likeness (QED) is 0.380. The lowest BCUT2D eigenvalue weighted by atomic mass is 10.1. The molecule has 2 N–H and O–H groups in total. The van der Waals surface area contributed by atoms with Crippen LogP contribution >= 0.6 is 0 Å². The normalized spacial score (nSPS) is 10.0. The second-order valence-electron chi connectivity index (χ2n) is 5.81. The lowest BCUT2D eigenvalue weighted by Gasteiger charge is -2.10. The molecular formula is C19H29N3O4. The van der Waals surface area contributed by atoms with Gasteiger partial charge in [-0.25, -0.2) is 5.43 Å². The van der Waals surface area contributed by atoms with Crippen LogP contribution in [0.4, 0.5) is 0 Å². The van der Waals surface area contributed by atoms with E-state index in [1.807, 2.05) is 26.0 Å². The summed E-state index contributed by atoms with van der Waals surface area (Å²) >= 11 is 0. The third kappa shape index (κ3) is 7.13. The topological polar surface area (TPSA) is 89.0 Å². The molecule has 0 saturated carbocycles.